The molecule has 0 aliphatic heterocycles. The monoisotopic (exact) mass is 196 g/mol. The van der Waals surface area contributed by atoms with Gasteiger partial charge in [0.25, 0.3) is 0 Å². The third-order valence-corrected chi connectivity index (χ3v) is 3.47. The molecule has 1 aromatic carbocycles. The molecule has 0 spiro atoms. The molecule has 1 unspecified atom stereocenters. The van der Waals surface area contributed by atoms with E-state index in [0.717, 1.165) is 5.92 Å². The third-order valence-electron chi connectivity index (χ3n) is 3.47. The lowest BCUT2D eigenvalue weighted by atomic mass is 9.80. The van der Waals surface area contributed by atoms with E-state index in [2.05, 4.69) is 45.0 Å². The molecule has 1 heteroatoms. The van der Waals surface area contributed by atoms with Crippen molar-refractivity contribution in [1.82, 2.24) is 0 Å². The lowest BCUT2D eigenvalue weighted by molar-refractivity contribution is 0.379. The Balaban J connectivity index is 0.000000845. The fourth-order valence-corrected chi connectivity index (χ4v) is 2.18. The lowest BCUT2D eigenvalue weighted by Gasteiger charge is -2.24. The van der Waals surface area contributed by atoms with Crippen LogP contribution in [0.4, 0.5) is 0 Å². The quantitative estimate of drug-likeness (QED) is 0.595. The van der Waals surface area contributed by atoms with Crippen molar-refractivity contribution in [2.45, 2.75) is 32.6 Å². The van der Waals surface area contributed by atoms with Crippen LogP contribution in [0.2, 0.25) is 0 Å². The van der Waals surface area contributed by atoms with E-state index < -0.39 is 0 Å². The van der Waals surface area contributed by atoms with Crippen molar-refractivity contribution in [2.75, 3.05) is 0 Å². The van der Waals surface area contributed by atoms with Crippen LogP contribution in [-0.2, 0) is 11.8 Å². The number of hydrogen-bond acceptors (Lipinski definition) is 0. The molecule has 0 saturated carbocycles. The van der Waals surface area contributed by atoms with E-state index in [1.165, 1.54) is 6.42 Å². The van der Waals surface area contributed by atoms with Crippen LogP contribution in [0.5, 0.6) is 0 Å². The third kappa shape index (κ3) is 1.48. The molecule has 0 N–H and O–H groups in total. The van der Waals surface area contributed by atoms with Gasteiger partial charge in [-0.3, -0.25) is 0 Å². The number of rotatable bonds is 0. The summed E-state index contributed by atoms with van der Waals surface area (Å²) in [5, 5.41) is 0. The van der Waals surface area contributed by atoms with Crippen LogP contribution in [0, 0.1) is 5.92 Å². The van der Waals surface area contributed by atoms with Crippen LogP contribution < -0.4 is 0 Å². The minimum Gasteiger partial charge on any atom is -0.147 e. The van der Waals surface area contributed by atoms with Gasteiger partial charge in [-0.1, -0.05) is 45.0 Å². The fourth-order valence-electron chi connectivity index (χ4n) is 2.18. The lowest BCUT2D eigenvalue weighted by Crippen LogP contribution is -2.21. The summed E-state index contributed by atoms with van der Waals surface area (Å²) in [4.78, 5) is 0. The van der Waals surface area contributed by atoms with Crippen molar-refractivity contribution in [3.05, 3.63) is 35.4 Å². The number of fused-ring (bicyclic) bond motifs is 1. The Kier molecular flexibility index (Phi) is 2.72. The topological polar surface area (TPSA) is 0 Å². The molecule has 1 aromatic rings. The second kappa shape index (κ2) is 3.34. The van der Waals surface area contributed by atoms with Gasteiger partial charge in [-0.15, -0.1) is 12.4 Å². The molecular weight excluding hydrogens is 180 g/mol. The Morgan fingerprint density at radius 2 is 1.85 bits per heavy atom. The van der Waals surface area contributed by atoms with Crippen LogP contribution in [-0.4, -0.2) is 0 Å². The van der Waals surface area contributed by atoms with Gasteiger partial charge < -0.3 is 0 Å². The van der Waals surface area contributed by atoms with Crippen molar-refractivity contribution in [3.63, 3.8) is 0 Å². The van der Waals surface area contributed by atoms with Gasteiger partial charge in [-0.05, 0) is 28.9 Å². The van der Waals surface area contributed by atoms with Gasteiger partial charge >= 0.3 is 0 Å². The first kappa shape index (κ1) is 10.6. The molecule has 1 aliphatic carbocycles. The second-order valence-electron chi connectivity index (χ2n) is 4.48. The highest BCUT2D eigenvalue weighted by Gasteiger charge is 2.35. The first-order chi connectivity index (χ1) is 5.62. The average Bonchev–Trinajstić information content (AvgIpc) is 2.25. The fraction of sp³-hybridized carbons (Fsp3) is 0.500. The van der Waals surface area contributed by atoms with Crippen LogP contribution in [0.25, 0.3) is 0 Å². The average molecular weight is 197 g/mol. The van der Waals surface area contributed by atoms with Gasteiger partial charge in [-0.25, -0.2) is 0 Å². The van der Waals surface area contributed by atoms with Crippen molar-refractivity contribution < 1.29 is 0 Å². The predicted octanol–water partition coefficient (Wildman–Crippen LogP) is 3.58. The molecule has 1 atom stereocenters. The van der Waals surface area contributed by atoms with Crippen molar-refractivity contribution in [3.8, 4) is 0 Å². The van der Waals surface area contributed by atoms with Crippen LogP contribution in [0.15, 0.2) is 24.3 Å². The van der Waals surface area contributed by atoms with E-state index in [-0.39, 0.29) is 12.4 Å². The van der Waals surface area contributed by atoms with Crippen molar-refractivity contribution >= 4 is 12.4 Å². The minimum absolute atomic E-state index is 0. The molecule has 1 aliphatic rings. The summed E-state index contributed by atoms with van der Waals surface area (Å²) in [7, 11) is 0. The Labute approximate surface area is 86.8 Å². The summed E-state index contributed by atoms with van der Waals surface area (Å²) in [5.74, 6) is 0.787. The summed E-state index contributed by atoms with van der Waals surface area (Å²) >= 11 is 0. The van der Waals surface area contributed by atoms with Crippen LogP contribution in [0.1, 0.15) is 31.9 Å². The molecule has 0 nitrogen and oxygen atoms in total. The molecule has 0 saturated heterocycles. The first-order valence-corrected chi connectivity index (χ1v) is 4.71. The Morgan fingerprint density at radius 3 is 2.46 bits per heavy atom. The molecular formula is C12H17Cl. The van der Waals surface area contributed by atoms with Gasteiger partial charge in [0.15, 0.2) is 0 Å². The predicted molar refractivity (Wildman–Crippen MR) is 59.6 cm³/mol. The van der Waals surface area contributed by atoms with Gasteiger partial charge in [-0.2, -0.15) is 0 Å². The van der Waals surface area contributed by atoms with Gasteiger partial charge in [0.1, 0.15) is 0 Å². The summed E-state index contributed by atoms with van der Waals surface area (Å²) in [6, 6.07) is 8.84. The molecule has 0 radical (unpaired) electrons. The SMILES string of the molecule is CC1Cc2ccccc2C1(C)C.Cl. The van der Waals surface area contributed by atoms with E-state index in [1.807, 2.05) is 0 Å². The van der Waals surface area contributed by atoms with E-state index in [0.29, 0.717) is 5.41 Å². The van der Waals surface area contributed by atoms with Gasteiger partial charge in [0.2, 0.25) is 0 Å². The number of hydrogen-bond donors (Lipinski definition) is 0. The Hall–Kier alpha value is -0.490. The highest BCUT2D eigenvalue weighted by Crippen LogP contribution is 2.42. The summed E-state index contributed by atoms with van der Waals surface area (Å²) in [6.45, 7) is 7.05. The summed E-state index contributed by atoms with van der Waals surface area (Å²) in [5.41, 5.74) is 3.49. The molecule has 13 heavy (non-hydrogen) atoms. The Morgan fingerprint density at radius 1 is 1.23 bits per heavy atom. The highest BCUT2D eigenvalue weighted by molar-refractivity contribution is 5.85. The minimum atomic E-state index is 0. The highest BCUT2D eigenvalue weighted by atomic mass is 35.5. The van der Waals surface area contributed by atoms with Crippen LogP contribution >= 0.6 is 12.4 Å². The summed E-state index contributed by atoms with van der Waals surface area (Å²) in [6.07, 6.45) is 1.25. The zero-order chi connectivity index (χ0) is 8.77. The maximum absolute atomic E-state index is 2.35. The Bertz CT molecular complexity index is 302. The van der Waals surface area contributed by atoms with E-state index >= 15 is 0 Å². The first-order valence-electron chi connectivity index (χ1n) is 4.71. The van der Waals surface area contributed by atoms with Gasteiger partial charge in [0.05, 0.1) is 0 Å². The normalized spacial score (nSPS) is 23.5. The molecule has 0 aromatic heterocycles. The molecule has 72 valence electrons. The molecule has 0 heterocycles. The van der Waals surface area contributed by atoms with E-state index in [4.69, 9.17) is 0 Å². The zero-order valence-corrected chi connectivity index (χ0v) is 9.32. The summed E-state index contributed by atoms with van der Waals surface area (Å²) < 4.78 is 0. The van der Waals surface area contributed by atoms with Crippen molar-refractivity contribution in [2.24, 2.45) is 5.92 Å². The maximum Gasteiger partial charge on any atom is -0.00721 e. The maximum atomic E-state index is 2.35. The standard InChI is InChI=1S/C12H16.ClH/c1-9-8-10-6-4-5-7-11(10)12(9,2)3;/h4-7,9H,8H2,1-3H3;1H. The van der Waals surface area contributed by atoms with Crippen LogP contribution in [0.3, 0.4) is 0 Å². The number of benzene rings is 1. The van der Waals surface area contributed by atoms with E-state index in [1.54, 1.807) is 11.1 Å². The molecule has 0 amide bonds. The zero-order valence-electron chi connectivity index (χ0n) is 8.50. The second-order valence-corrected chi connectivity index (χ2v) is 4.48. The molecule has 0 fully saturated rings. The van der Waals surface area contributed by atoms with Gasteiger partial charge in [0, 0.05) is 0 Å². The van der Waals surface area contributed by atoms with Crippen molar-refractivity contribution in [1.29, 1.82) is 0 Å². The largest absolute Gasteiger partial charge is 0.147 e. The van der Waals surface area contributed by atoms with E-state index in [9.17, 15) is 0 Å². The smallest absolute Gasteiger partial charge is 0.00721 e. The molecule has 2 rings (SSSR count). The molecule has 0 bridgehead atoms. The number of halogens is 1.